The van der Waals surface area contributed by atoms with E-state index in [4.69, 9.17) is 4.74 Å². The highest BCUT2D eigenvalue weighted by Crippen LogP contribution is 2.27. The predicted molar refractivity (Wildman–Crippen MR) is 69.0 cm³/mol. The Morgan fingerprint density at radius 3 is 2.53 bits per heavy atom. The van der Waals surface area contributed by atoms with Gasteiger partial charge < -0.3 is 10.1 Å². The normalized spacial score (nSPS) is 11.7. The summed E-state index contributed by atoms with van der Waals surface area (Å²) in [6, 6.07) is 0. The van der Waals surface area contributed by atoms with Crippen LogP contribution in [0.4, 0.5) is 19.0 Å². The van der Waals surface area contributed by atoms with E-state index in [1.165, 1.54) is 7.11 Å². The van der Waals surface area contributed by atoms with Crippen LogP contribution in [0.1, 0.15) is 24.9 Å². The number of aromatic nitrogens is 2. The molecule has 1 heterocycles. The summed E-state index contributed by atoms with van der Waals surface area (Å²) < 4.78 is 42.7. The number of hydrogen-bond acceptors (Lipinski definition) is 4. The van der Waals surface area contributed by atoms with Crippen LogP contribution in [0, 0.1) is 0 Å². The Morgan fingerprint density at radius 2 is 2.00 bits per heavy atom. The predicted octanol–water partition coefficient (Wildman–Crippen LogP) is 3.31. The second-order valence-electron chi connectivity index (χ2n) is 3.90. The summed E-state index contributed by atoms with van der Waals surface area (Å²) in [5.74, 6) is 0.101. The summed E-state index contributed by atoms with van der Waals surface area (Å²) in [6.45, 7) is 2.69. The molecular weight excluding hydrogens is 327 g/mol. The van der Waals surface area contributed by atoms with Crippen molar-refractivity contribution in [1.29, 1.82) is 0 Å². The Morgan fingerprint density at radius 1 is 1.32 bits per heavy atom. The maximum Gasteiger partial charge on any atom is 0.396 e. The summed E-state index contributed by atoms with van der Waals surface area (Å²) in [7, 11) is 1.46. The zero-order chi connectivity index (χ0) is 14.5. The molecule has 0 aliphatic rings. The van der Waals surface area contributed by atoms with Gasteiger partial charge >= 0.3 is 6.18 Å². The van der Waals surface area contributed by atoms with Gasteiger partial charge in [-0.2, -0.15) is 13.2 Å². The zero-order valence-electron chi connectivity index (χ0n) is 10.6. The molecular formula is C11H15BrF3N3O. The molecule has 0 spiro atoms. The lowest BCUT2D eigenvalue weighted by Gasteiger charge is -2.13. The molecule has 0 atom stereocenters. The average Bonchev–Trinajstić information content (AvgIpc) is 2.29. The fourth-order valence-electron chi connectivity index (χ4n) is 1.40. The Bertz CT molecular complexity index is 426. The second-order valence-corrected chi connectivity index (χ2v) is 4.69. The van der Waals surface area contributed by atoms with Crippen molar-refractivity contribution in [2.75, 3.05) is 19.0 Å². The fourth-order valence-corrected chi connectivity index (χ4v) is 1.83. The molecule has 0 saturated heterocycles. The van der Waals surface area contributed by atoms with Crippen molar-refractivity contribution in [3.05, 3.63) is 16.0 Å². The highest BCUT2D eigenvalue weighted by molar-refractivity contribution is 9.10. The van der Waals surface area contributed by atoms with Crippen LogP contribution >= 0.6 is 15.9 Å². The number of halogens is 4. The molecule has 0 amide bonds. The van der Waals surface area contributed by atoms with Crippen LogP contribution in [0.25, 0.3) is 0 Å². The number of hydrogen-bond donors (Lipinski definition) is 1. The standard InChI is InChI=1S/C11H15BrF3N3O/c1-3-4-16-10-9(12)7(6-19-2)17-8(18-10)5-11(13,14)15/h3-6H2,1-2H3,(H,16,17,18). The van der Waals surface area contributed by atoms with Crippen molar-refractivity contribution in [2.45, 2.75) is 32.5 Å². The maximum absolute atomic E-state index is 12.4. The molecule has 0 aromatic carbocycles. The van der Waals surface area contributed by atoms with Gasteiger partial charge in [-0.15, -0.1) is 0 Å². The van der Waals surface area contributed by atoms with Crippen molar-refractivity contribution >= 4 is 21.7 Å². The van der Waals surface area contributed by atoms with E-state index in [2.05, 4.69) is 31.2 Å². The van der Waals surface area contributed by atoms with E-state index in [-0.39, 0.29) is 12.4 Å². The summed E-state index contributed by atoms with van der Waals surface area (Å²) in [4.78, 5) is 7.77. The van der Waals surface area contributed by atoms with E-state index < -0.39 is 12.6 Å². The third-order valence-electron chi connectivity index (χ3n) is 2.15. The molecule has 1 rings (SSSR count). The minimum atomic E-state index is -4.33. The largest absolute Gasteiger partial charge is 0.396 e. The second kappa shape index (κ2) is 7.04. The molecule has 0 saturated carbocycles. The van der Waals surface area contributed by atoms with Crippen LogP contribution in [0.15, 0.2) is 4.47 Å². The van der Waals surface area contributed by atoms with E-state index in [0.717, 1.165) is 6.42 Å². The Hall–Kier alpha value is -0.890. The lowest BCUT2D eigenvalue weighted by molar-refractivity contribution is -0.128. The van der Waals surface area contributed by atoms with Gasteiger partial charge in [-0.3, -0.25) is 0 Å². The fraction of sp³-hybridized carbons (Fsp3) is 0.636. The van der Waals surface area contributed by atoms with Crippen LogP contribution in [0.5, 0.6) is 0 Å². The third kappa shape index (κ3) is 5.32. The van der Waals surface area contributed by atoms with Gasteiger partial charge in [0.25, 0.3) is 0 Å². The van der Waals surface area contributed by atoms with Crippen LogP contribution in [-0.4, -0.2) is 29.8 Å². The summed E-state index contributed by atoms with van der Waals surface area (Å²) in [6.07, 6.45) is -4.65. The van der Waals surface area contributed by atoms with E-state index >= 15 is 0 Å². The highest BCUT2D eigenvalue weighted by atomic mass is 79.9. The zero-order valence-corrected chi connectivity index (χ0v) is 12.2. The van der Waals surface area contributed by atoms with Crippen molar-refractivity contribution < 1.29 is 17.9 Å². The summed E-state index contributed by atoms with van der Waals surface area (Å²) in [5, 5.41) is 2.97. The molecule has 1 aromatic heterocycles. The number of ether oxygens (including phenoxy) is 1. The van der Waals surface area contributed by atoms with Crippen LogP contribution in [-0.2, 0) is 17.8 Å². The SMILES string of the molecule is CCCNc1nc(CC(F)(F)F)nc(COC)c1Br. The summed E-state index contributed by atoms with van der Waals surface area (Å²) >= 11 is 3.28. The van der Waals surface area contributed by atoms with Crippen LogP contribution in [0.3, 0.4) is 0 Å². The van der Waals surface area contributed by atoms with Gasteiger partial charge in [-0.1, -0.05) is 6.92 Å². The molecule has 108 valence electrons. The minimum absolute atomic E-state index is 0.120. The van der Waals surface area contributed by atoms with Crippen molar-refractivity contribution in [3.8, 4) is 0 Å². The Labute approximate surface area is 117 Å². The van der Waals surface area contributed by atoms with Crippen molar-refractivity contribution in [3.63, 3.8) is 0 Å². The first kappa shape index (κ1) is 16.2. The van der Waals surface area contributed by atoms with E-state index in [1.807, 2.05) is 6.92 Å². The van der Waals surface area contributed by atoms with Gasteiger partial charge in [-0.25, -0.2) is 9.97 Å². The first-order valence-corrected chi connectivity index (χ1v) is 6.51. The van der Waals surface area contributed by atoms with E-state index in [1.54, 1.807) is 0 Å². The molecule has 1 N–H and O–H groups in total. The summed E-state index contributed by atoms with van der Waals surface area (Å²) in [5.41, 5.74) is 0.398. The molecule has 0 aliphatic carbocycles. The molecule has 0 aliphatic heterocycles. The Balaban J connectivity index is 3.07. The maximum atomic E-state index is 12.4. The van der Waals surface area contributed by atoms with Gasteiger partial charge in [-0.05, 0) is 22.4 Å². The topological polar surface area (TPSA) is 47.0 Å². The smallest absolute Gasteiger partial charge is 0.378 e. The molecule has 4 nitrogen and oxygen atoms in total. The Kier molecular flexibility index (Phi) is 5.99. The quantitative estimate of drug-likeness (QED) is 0.862. The molecule has 19 heavy (non-hydrogen) atoms. The van der Waals surface area contributed by atoms with Crippen LogP contribution < -0.4 is 5.32 Å². The monoisotopic (exact) mass is 341 g/mol. The lowest BCUT2D eigenvalue weighted by Crippen LogP contribution is -2.17. The molecule has 1 aromatic rings. The average molecular weight is 342 g/mol. The minimum Gasteiger partial charge on any atom is -0.378 e. The number of nitrogens with zero attached hydrogens (tertiary/aromatic N) is 2. The number of alkyl halides is 3. The van der Waals surface area contributed by atoms with Gasteiger partial charge in [0.1, 0.15) is 18.1 Å². The molecule has 8 heteroatoms. The molecule has 0 radical (unpaired) electrons. The van der Waals surface area contributed by atoms with Crippen molar-refractivity contribution in [2.24, 2.45) is 0 Å². The first-order valence-electron chi connectivity index (χ1n) is 5.72. The number of anilines is 1. The van der Waals surface area contributed by atoms with Gasteiger partial charge in [0, 0.05) is 13.7 Å². The van der Waals surface area contributed by atoms with Gasteiger partial charge in [0.05, 0.1) is 16.8 Å². The van der Waals surface area contributed by atoms with Crippen LogP contribution in [0.2, 0.25) is 0 Å². The van der Waals surface area contributed by atoms with E-state index in [0.29, 0.717) is 22.5 Å². The number of rotatable bonds is 6. The first-order chi connectivity index (χ1) is 8.87. The number of methoxy groups -OCH3 is 1. The number of nitrogens with one attached hydrogen (secondary N) is 1. The van der Waals surface area contributed by atoms with E-state index in [9.17, 15) is 13.2 Å². The van der Waals surface area contributed by atoms with Gasteiger partial charge in [0.15, 0.2) is 0 Å². The lowest BCUT2D eigenvalue weighted by atomic mass is 10.3. The molecule has 0 bridgehead atoms. The van der Waals surface area contributed by atoms with Crippen molar-refractivity contribution in [1.82, 2.24) is 9.97 Å². The molecule has 0 fully saturated rings. The van der Waals surface area contributed by atoms with Gasteiger partial charge in [0.2, 0.25) is 0 Å². The third-order valence-corrected chi connectivity index (χ3v) is 2.98. The molecule has 0 unspecified atom stereocenters. The highest BCUT2D eigenvalue weighted by Gasteiger charge is 2.30.